The zero-order valence-electron chi connectivity index (χ0n) is 18.4. The lowest BCUT2D eigenvalue weighted by Crippen LogP contribution is -2.46. The third-order valence-electron chi connectivity index (χ3n) is 6.53. The number of nitrogens with zero attached hydrogens (tertiary/aromatic N) is 2. The third kappa shape index (κ3) is 4.80. The van der Waals surface area contributed by atoms with Crippen LogP contribution in [0.1, 0.15) is 25.7 Å². The van der Waals surface area contributed by atoms with Crippen molar-refractivity contribution in [3.8, 4) is 11.4 Å². The molecular formula is C24H28N4O4S. The Morgan fingerprint density at radius 1 is 1.03 bits per heavy atom. The van der Waals surface area contributed by atoms with Gasteiger partial charge in [0, 0.05) is 30.6 Å². The average molecular weight is 469 g/mol. The predicted molar refractivity (Wildman–Crippen MR) is 125 cm³/mol. The van der Waals surface area contributed by atoms with Gasteiger partial charge in [-0.15, -0.1) is 0 Å². The molecule has 174 valence electrons. The minimum atomic E-state index is -3.68. The zero-order chi connectivity index (χ0) is 22.8. The number of ether oxygens (including phenoxy) is 1. The molecule has 1 amide bonds. The highest BCUT2D eigenvalue weighted by Gasteiger charge is 2.32. The molecule has 0 atom stereocenters. The molecule has 0 spiro atoms. The topological polar surface area (TPSA) is 104 Å². The number of aromatic nitrogens is 2. The van der Waals surface area contributed by atoms with Crippen LogP contribution in [0, 0.1) is 5.92 Å². The normalized spacial score (nSPS) is 21.9. The molecule has 2 N–H and O–H groups in total. The number of rotatable bonds is 5. The van der Waals surface area contributed by atoms with E-state index in [2.05, 4.69) is 14.7 Å². The number of carbonyl (C=O) groups is 1. The number of H-pyrrole nitrogens is 1. The van der Waals surface area contributed by atoms with E-state index < -0.39 is 10.0 Å². The van der Waals surface area contributed by atoms with E-state index in [1.807, 2.05) is 35.2 Å². The number of imidazole rings is 1. The number of morpholine rings is 1. The van der Waals surface area contributed by atoms with Crippen LogP contribution in [0.3, 0.4) is 0 Å². The van der Waals surface area contributed by atoms with Gasteiger partial charge in [0.1, 0.15) is 5.82 Å². The minimum Gasteiger partial charge on any atom is -0.378 e. The van der Waals surface area contributed by atoms with E-state index in [0.29, 0.717) is 63.3 Å². The summed E-state index contributed by atoms with van der Waals surface area (Å²) in [6.07, 6.45) is 2.70. The van der Waals surface area contributed by atoms with Gasteiger partial charge in [0.25, 0.3) is 0 Å². The second-order valence-corrected chi connectivity index (χ2v) is 10.5. The fraction of sp³-hybridized carbons (Fsp3) is 0.417. The summed E-state index contributed by atoms with van der Waals surface area (Å²) >= 11 is 0. The summed E-state index contributed by atoms with van der Waals surface area (Å²) in [6, 6.07) is 14.5. The monoisotopic (exact) mass is 468 g/mol. The van der Waals surface area contributed by atoms with Crippen molar-refractivity contribution >= 4 is 27.0 Å². The van der Waals surface area contributed by atoms with Crippen molar-refractivity contribution in [3.63, 3.8) is 0 Å². The molecule has 1 aliphatic carbocycles. The van der Waals surface area contributed by atoms with E-state index in [9.17, 15) is 13.2 Å². The van der Waals surface area contributed by atoms with Gasteiger partial charge in [-0.1, -0.05) is 30.3 Å². The van der Waals surface area contributed by atoms with Crippen LogP contribution in [-0.4, -0.2) is 61.5 Å². The van der Waals surface area contributed by atoms with E-state index in [4.69, 9.17) is 4.74 Å². The standard InChI is InChI=1S/C24H28N4O4S/c29-24(28-12-14-32-15-13-28)18-6-8-19(9-7-18)27-33(30,31)20-10-11-21-22(16-20)26-23(25-21)17-4-2-1-3-5-17/h1-5,10-11,16,18-19,27H,6-9,12-15H2,(H,25,26)/t18-,19-. The molecule has 8 nitrogen and oxygen atoms in total. The third-order valence-corrected chi connectivity index (χ3v) is 8.05. The van der Waals surface area contributed by atoms with Crippen molar-refractivity contribution in [1.29, 1.82) is 0 Å². The number of nitrogens with one attached hydrogen (secondary N) is 2. The smallest absolute Gasteiger partial charge is 0.240 e. The quantitative estimate of drug-likeness (QED) is 0.599. The molecule has 1 saturated heterocycles. The van der Waals surface area contributed by atoms with Crippen LogP contribution in [0.2, 0.25) is 0 Å². The molecular weight excluding hydrogens is 440 g/mol. The highest BCUT2D eigenvalue weighted by molar-refractivity contribution is 7.89. The predicted octanol–water partition coefficient (Wildman–Crippen LogP) is 2.93. The van der Waals surface area contributed by atoms with E-state index in [1.165, 1.54) is 0 Å². The first-order chi connectivity index (χ1) is 16.0. The second-order valence-electron chi connectivity index (χ2n) is 8.74. The molecule has 0 radical (unpaired) electrons. The molecule has 9 heteroatoms. The fourth-order valence-corrected chi connectivity index (χ4v) is 6.00. The van der Waals surface area contributed by atoms with Crippen LogP contribution < -0.4 is 4.72 Å². The summed E-state index contributed by atoms with van der Waals surface area (Å²) in [5, 5.41) is 0. The van der Waals surface area contributed by atoms with Crippen LogP contribution in [0.4, 0.5) is 0 Å². The molecule has 2 aliphatic rings. The Bertz CT molecular complexity index is 1230. The van der Waals surface area contributed by atoms with Gasteiger partial charge in [-0.2, -0.15) is 0 Å². The Balaban J connectivity index is 1.24. The van der Waals surface area contributed by atoms with Gasteiger partial charge in [0.2, 0.25) is 15.9 Å². The van der Waals surface area contributed by atoms with Gasteiger partial charge in [-0.25, -0.2) is 18.1 Å². The Hall–Kier alpha value is -2.75. The van der Waals surface area contributed by atoms with Gasteiger partial charge in [-0.3, -0.25) is 4.79 Å². The number of aromatic amines is 1. The van der Waals surface area contributed by atoms with Gasteiger partial charge < -0.3 is 14.6 Å². The van der Waals surface area contributed by atoms with Crippen molar-refractivity contribution in [2.24, 2.45) is 5.92 Å². The number of amides is 1. The number of hydrogen-bond donors (Lipinski definition) is 2. The first-order valence-electron chi connectivity index (χ1n) is 11.4. The molecule has 1 aromatic heterocycles. The van der Waals surface area contributed by atoms with E-state index in [1.54, 1.807) is 18.2 Å². The molecule has 2 fully saturated rings. The van der Waals surface area contributed by atoms with Crippen molar-refractivity contribution in [2.75, 3.05) is 26.3 Å². The number of fused-ring (bicyclic) bond motifs is 1. The van der Waals surface area contributed by atoms with E-state index >= 15 is 0 Å². The SMILES string of the molecule is O=C([C@H]1CC[C@H](NS(=O)(=O)c2ccc3[nH]c(-c4ccccc4)nc3c2)CC1)N1CCOCC1. The molecule has 1 aliphatic heterocycles. The maximum atomic E-state index is 13.0. The Kier molecular flexibility index (Phi) is 6.18. The van der Waals surface area contributed by atoms with Crippen molar-refractivity contribution in [3.05, 3.63) is 48.5 Å². The maximum Gasteiger partial charge on any atom is 0.240 e. The number of carbonyl (C=O) groups excluding carboxylic acids is 1. The number of benzene rings is 2. The van der Waals surface area contributed by atoms with E-state index in [0.717, 1.165) is 11.1 Å². The zero-order valence-corrected chi connectivity index (χ0v) is 19.2. The summed E-state index contributed by atoms with van der Waals surface area (Å²) in [5.74, 6) is 0.856. The van der Waals surface area contributed by atoms with Gasteiger partial charge >= 0.3 is 0 Å². The Morgan fingerprint density at radius 3 is 2.48 bits per heavy atom. The molecule has 3 aromatic rings. The molecule has 5 rings (SSSR count). The van der Waals surface area contributed by atoms with Crippen LogP contribution in [0.5, 0.6) is 0 Å². The Morgan fingerprint density at radius 2 is 1.76 bits per heavy atom. The summed E-state index contributed by atoms with van der Waals surface area (Å²) in [7, 11) is -3.68. The van der Waals surface area contributed by atoms with Gasteiger partial charge in [0.05, 0.1) is 29.1 Å². The van der Waals surface area contributed by atoms with Crippen LogP contribution in [0.25, 0.3) is 22.4 Å². The summed E-state index contributed by atoms with van der Waals surface area (Å²) < 4.78 is 34.3. The lowest BCUT2D eigenvalue weighted by atomic mass is 9.85. The van der Waals surface area contributed by atoms with Crippen LogP contribution in [0.15, 0.2) is 53.4 Å². The minimum absolute atomic E-state index is 0.0272. The fourth-order valence-electron chi connectivity index (χ4n) is 4.67. The first-order valence-corrected chi connectivity index (χ1v) is 12.9. The maximum absolute atomic E-state index is 13.0. The largest absolute Gasteiger partial charge is 0.378 e. The highest BCUT2D eigenvalue weighted by Crippen LogP contribution is 2.28. The summed E-state index contributed by atoms with van der Waals surface area (Å²) in [6.45, 7) is 2.47. The van der Waals surface area contributed by atoms with Crippen LogP contribution in [-0.2, 0) is 19.6 Å². The second kappa shape index (κ2) is 9.24. The van der Waals surface area contributed by atoms with Crippen molar-refractivity contribution < 1.29 is 17.9 Å². The molecule has 1 saturated carbocycles. The lowest BCUT2D eigenvalue weighted by molar-refractivity contribution is -0.140. The summed E-state index contributed by atoms with van der Waals surface area (Å²) in [5.41, 5.74) is 2.34. The highest BCUT2D eigenvalue weighted by atomic mass is 32.2. The van der Waals surface area contributed by atoms with Crippen LogP contribution >= 0.6 is 0 Å². The van der Waals surface area contributed by atoms with Gasteiger partial charge in [0.15, 0.2) is 0 Å². The molecule has 0 bridgehead atoms. The van der Waals surface area contributed by atoms with Gasteiger partial charge in [-0.05, 0) is 43.9 Å². The average Bonchev–Trinajstić information content (AvgIpc) is 3.29. The molecule has 2 aromatic carbocycles. The number of hydrogen-bond acceptors (Lipinski definition) is 5. The number of sulfonamides is 1. The van der Waals surface area contributed by atoms with E-state index in [-0.39, 0.29) is 22.8 Å². The van der Waals surface area contributed by atoms with Crippen molar-refractivity contribution in [2.45, 2.75) is 36.6 Å². The molecule has 2 heterocycles. The Labute approximate surface area is 193 Å². The summed E-state index contributed by atoms with van der Waals surface area (Å²) in [4.78, 5) is 22.6. The van der Waals surface area contributed by atoms with Crippen molar-refractivity contribution in [1.82, 2.24) is 19.6 Å². The molecule has 0 unspecified atom stereocenters. The lowest BCUT2D eigenvalue weighted by Gasteiger charge is -2.34. The first kappa shape index (κ1) is 22.1. The molecule has 33 heavy (non-hydrogen) atoms.